The lowest BCUT2D eigenvalue weighted by molar-refractivity contribution is -0.129. The molecular formula is C27H17ClN2O5. The van der Waals surface area contributed by atoms with E-state index >= 15 is 0 Å². The number of aliphatic imine (C=N–C) groups is 1. The van der Waals surface area contributed by atoms with E-state index in [4.69, 9.17) is 35.8 Å². The van der Waals surface area contributed by atoms with Gasteiger partial charge in [-0.3, -0.25) is 0 Å². The van der Waals surface area contributed by atoms with Crippen molar-refractivity contribution in [3.05, 3.63) is 100 Å². The van der Waals surface area contributed by atoms with Crippen LogP contribution in [0.15, 0.2) is 83.5 Å². The van der Waals surface area contributed by atoms with Crippen molar-refractivity contribution < 1.29 is 23.7 Å². The first-order chi connectivity index (χ1) is 17.1. The number of nitriles is 1. The fourth-order valence-corrected chi connectivity index (χ4v) is 3.84. The number of ether oxygens (including phenoxy) is 4. The second kappa shape index (κ2) is 9.37. The number of carbonyl (C=O) groups excluding carboxylic acids is 1. The highest BCUT2D eigenvalue weighted by Crippen LogP contribution is 2.41. The van der Waals surface area contributed by atoms with E-state index < -0.39 is 5.97 Å². The third-order valence-corrected chi connectivity index (χ3v) is 5.61. The maximum absolute atomic E-state index is 12.9. The summed E-state index contributed by atoms with van der Waals surface area (Å²) >= 11 is 5.97. The van der Waals surface area contributed by atoms with Crippen molar-refractivity contribution in [2.75, 3.05) is 13.7 Å². The molecule has 2 aliphatic rings. The molecule has 7 nitrogen and oxygen atoms in total. The van der Waals surface area contributed by atoms with Crippen molar-refractivity contribution in [1.82, 2.24) is 0 Å². The van der Waals surface area contributed by atoms with Crippen LogP contribution in [0.3, 0.4) is 0 Å². The first kappa shape index (κ1) is 22.3. The highest BCUT2D eigenvalue weighted by atomic mass is 35.5. The summed E-state index contributed by atoms with van der Waals surface area (Å²) in [6.07, 6.45) is 1.75. The van der Waals surface area contributed by atoms with Crippen LogP contribution in [0.5, 0.6) is 17.2 Å². The number of nitrogens with zero attached hydrogens (tertiary/aromatic N) is 2. The van der Waals surface area contributed by atoms with Crippen LogP contribution >= 0.6 is 11.6 Å². The Labute approximate surface area is 206 Å². The second-order valence-corrected chi connectivity index (χ2v) is 7.93. The summed E-state index contributed by atoms with van der Waals surface area (Å²) in [6.45, 7) is -0.103. The fourth-order valence-electron chi connectivity index (χ4n) is 3.72. The molecule has 0 saturated heterocycles. The molecular weight excluding hydrogens is 468 g/mol. The van der Waals surface area contributed by atoms with Gasteiger partial charge >= 0.3 is 5.97 Å². The molecule has 0 atom stereocenters. The molecule has 3 aromatic rings. The number of hydrogen-bond acceptors (Lipinski definition) is 7. The van der Waals surface area contributed by atoms with Gasteiger partial charge in [0, 0.05) is 27.3 Å². The summed E-state index contributed by atoms with van der Waals surface area (Å²) in [5.74, 6) is 1.57. The third-order valence-electron chi connectivity index (χ3n) is 5.36. The van der Waals surface area contributed by atoms with Crippen molar-refractivity contribution in [3.63, 3.8) is 0 Å². The van der Waals surface area contributed by atoms with Gasteiger partial charge in [0.05, 0.1) is 7.11 Å². The fraction of sp³-hybridized carbons (Fsp3) is 0.0741. The largest absolute Gasteiger partial charge is 0.493 e. The molecule has 0 unspecified atom stereocenters. The van der Waals surface area contributed by atoms with E-state index in [0.717, 1.165) is 0 Å². The molecule has 3 aromatic carbocycles. The van der Waals surface area contributed by atoms with Crippen LogP contribution in [-0.2, 0) is 9.53 Å². The van der Waals surface area contributed by atoms with Crippen LogP contribution < -0.4 is 14.2 Å². The Bertz CT molecular complexity index is 1470. The lowest BCUT2D eigenvalue weighted by Gasteiger charge is -2.21. The van der Waals surface area contributed by atoms with E-state index in [2.05, 4.69) is 4.99 Å². The minimum atomic E-state index is -0.560. The minimum Gasteiger partial charge on any atom is -0.493 e. The smallest absolute Gasteiger partial charge is 0.364 e. The summed E-state index contributed by atoms with van der Waals surface area (Å²) < 4.78 is 22.5. The maximum atomic E-state index is 12.9. The molecule has 0 saturated carbocycles. The van der Waals surface area contributed by atoms with E-state index in [-0.39, 0.29) is 18.2 Å². The van der Waals surface area contributed by atoms with E-state index in [1.165, 1.54) is 7.11 Å². The molecule has 8 heteroatoms. The molecule has 172 valence electrons. The number of carbonyl (C=O) groups is 1. The van der Waals surface area contributed by atoms with Gasteiger partial charge in [-0.2, -0.15) is 5.26 Å². The zero-order chi connectivity index (χ0) is 24.4. The molecule has 0 aliphatic carbocycles. The number of benzene rings is 3. The van der Waals surface area contributed by atoms with Crippen molar-refractivity contribution >= 4 is 34.8 Å². The third kappa shape index (κ3) is 4.35. The van der Waals surface area contributed by atoms with Gasteiger partial charge in [-0.15, -0.1) is 0 Å². The topological polar surface area (TPSA) is 90.1 Å². The lowest BCUT2D eigenvalue weighted by atomic mass is 9.97. The van der Waals surface area contributed by atoms with Crippen molar-refractivity contribution in [1.29, 1.82) is 5.26 Å². The summed E-state index contributed by atoms with van der Waals surface area (Å²) in [5, 5.41) is 9.37. The van der Waals surface area contributed by atoms with Crippen molar-refractivity contribution in [3.8, 4) is 23.3 Å². The van der Waals surface area contributed by atoms with E-state index in [1.54, 1.807) is 48.5 Å². The van der Waals surface area contributed by atoms with Gasteiger partial charge in [0.15, 0.2) is 23.8 Å². The number of hydrogen-bond donors (Lipinski definition) is 0. The Morgan fingerprint density at radius 1 is 1.00 bits per heavy atom. The molecule has 0 bridgehead atoms. The van der Waals surface area contributed by atoms with Crippen molar-refractivity contribution in [2.45, 2.75) is 0 Å². The highest BCUT2D eigenvalue weighted by Gasteiger charge is 2.30. The zero-order valence-corrected chi connectivity index (χ0v) is 19.2. The minimum absolute atomic E-state index is 0.103. The monoisotopic (exact) mass is 484 g/mol. The van der Waals surface area contributed by atoms with Gasteiger partial charge in [0.1, 0.15) is 17.6 Å². The number of para-hydroxylation sites is 1. The zero-order valence-electron chi connectivity index (χ0n) is 18.4. The molecule has 0 N–H and O–H groups in total. The summed E-state index contributed by atoms with van der Waals surface area (Å²) in [5.41, 5.74) is 2.78. The normalized spacial score (nSPS) is 16.3. The molecule has 0 aromatic heterocycles. The average molecular weight is 485 g/mol. The predicted molar refractivity (Wildman–Crippen MR) is 130 cm³/mol. The number of methoxy groups -OCH3 is 1. The van der Waals surface area contributed by atoms with Gasteiger partial charge in [-0.05, 0) is 54.6 Å². The quantitative estimate of drug-likeness (QED) is 0.356. The number of halogens is 1. The number of rotatable bonds is 5. The van der Waals surface area contributed by atoms with E-state index in [0.29, 0.717) is 50.3 Å². The lowest BCUT2D eigenvalue weighted by Crippen LogP contribution is -2.08. The SMILES string of the molecule is COc1cc(C2=CC(=C3N=C(c4ccc(Cl)cc4)OC3=O)c3ccccc3O2)ccc1OCC#N. The molecule has 35 heavy (non-hydrogen) atoms. The van der Waals surface area contributed by atoms with Gasteiger partial charge < -0.3 is 18.9 Å². The summed E-state index contributed by atoms with van der Waals surface area (Å²) in [4.78, 5) is 17.4. The van der Waals surface area contributed by atoms with Crippen LogP contribution in [0.25, 0.3) is 11.3 Å². The molecule has 0 spiro atoms. The highest BCUT2D eigenvalue weighted by molar-refractivity contribution is 6.30. The molecule has 0 amide bonds. The van der Waals surface area contributed by atoms with Crippen molar-refractivity contribution in [2.24, 2.45) is 4.99 Å². The first-order valence-electron chi connectivity index (χ1n) is 10.6. The Balaban J connectivity index is 1.61. The Morgan fingerprint density at radius 3 is 2.54 bits per heavy atom. The van der Waals surface area contributed by atoms with Crippen LogP contribution in [0.2, 0.25) is 5.02 Å². The summed E-state index contributed by atoms with van der Waals surface area (Å²) in [7, 11) is 1.51. The van der Waals surface area contributed by atoms with E-state index in [9.17, 15) is 4.79 Å². The molecule has 5 rings (SSSR count). The number of fused-ring (bicyclic) bond motifs is 1. The Hall–Kier alpha value is -4.54. The standard InChI is InChI=1S/C27H17ClN2O5/c1-32-24-14-17(8-11-22(24)33-13-12-29)23-15-20(19-4-2-3-5-21(19)34-23)25-27(31)35-26(30-25)16-6-9-18(28)10-7-16/h2-11,14-15H,13H2,1H3. The van der Waals surface area contributed by atoms with Crippen LogP contribution in [-0.4, -0.2) is 25.6 Å². The molecule has 0 radical (unpaired) electrons. The van der Waals surface area contributed by atoms with Gasteiger partial charge in [-0.25, -0.2) is 9.79 Å². The average Bonchev–Trinajstić information content (AvgIpc) is 3.28. The molecule has 2 aliphatic heterocycles. The van der Waals surface area contributed by atoms with Gasteiger partial charge in [-0.1, -0.05) is 29.8 Å². The first-order valence-corrected chi connectivity index (χ1v) is 10.9. The van der Waals surface area contributed by atoms with Crippen LogP contribution in [0.1, 0.15) is 16.7 Å². The predicted octanol–water partition coefficient (Wildman–Crippen LogP) is 5.40. The van der Waals surface area contributed by atoms with Crippen LogP contribution in [0, 0.1) is 11.3 Å². The second-order valence-electron chi connectivity index (χ2n) is 7.49. The number of cyclic esters (lactones) is 1. The van der Waals surface area contributed by atoms with Crippen LogP contribution in [0.4, 0.5) is 0 Å². The summed E-state index contributed by atoms with van der Waals surface area (Å²) in [6, 6.07) is 21.4. The molecule has 0 fully saturated rings. The number of esters is 1. The number of allylic oxidation sites excluding steroid dienone is 2. The van der Waals surface area contributed by atoms with Gasteiger partial charge in [0.25, 0.3) is 0 Å². The Morgan fingerprint density at radius 2 is 1.77 bits per heavy atom. The van der Waals surface area contributed by atoms with Gasteiger partial charge in [0.2, 0.25) is 5.90 Å². The Kier molecular flexibility index (Phi) is 5.96. The van der Waals surface area contributed by atoms with E-state index in [1.807, 2.05) is 30.3 Å². The maximum Gasteiger partial charge on any atom is 0.364 e. The molecule has 2 heterocycles.